The summed E-state index contributed by atoms with van der Waals surface area (Å²) >= 11 is 6.01. The summed E-state index contributed by atoms with van der Waals surface area (Å²) in [6.45, 7) is 2.21. The van der Waals surface area contributed by atoms with Crippen molar-refractivity contribution >= 4 is 32.3 Å². The van der Waals surface area contributed by atoms with E-state index in [-0.39, 0.29) is 9.94 Å². The Morgan fingerprint density at radius 2 is 2.06 bits per heavy atom. The zero-order valence-corrected chi connectivity index (χ0v) is 11.3. The van der Waals surface area contributed by atoms with Gasteiger partial charge < -0.3 is 0 Å². The maximum Gasteiger partial charge on any atom is 0.276 e. The van der Waals surface area contributed by atoms with E-state index in [1.165, 1.54) is 4.31 Å². The smallest absolute Gasteiger partial charge is 0.265 e. The van der Waals surface area contributed by atoms with Gasteiger partial charge in [-0.1, -0.05) is 36.7 Å². The summed E-state index contributed by atoms with van der Waals surface area (Å²) in [4.78, 5) is -0.378. The topological polar surface area (TPSA) is 61.2 Å². The Morgan fingerprint density at radius 1 is 1.39 bits per heavy atom. The van der Waals surface area contributed by atoms with Gasteiger partial charge in [-0.15, -0.1) is 0 Å². The fourth-order valence-corrected chi connectivity index (χ4v) is 3.91. The van der Waals surface area contributed by atoms with Crippen LogP contribution in [0.25, 0.3) is 5.03 Å². The number of rotatable bonds is 2. The highest BCUT2D eigenvalue weighted by molar-refractivity contribution is 7.97. The SMILES string of the molecule is CCCN1c2ccccc2C(Cl)=C(C#N)S1(=O)=O. The summed E-state index contributed by atoms with van der Waals surface area (Å²) in [5, 5.41) is 9.01. The first kappa shape index (κ1) is 12.9. The third-order valence-corrected chi connectivity index (χ3v) is 4.96. The molecule has 0 amide bonds. The molecule has 1 aromatic rings. The van der Waals surface area contributed by atoms with E-state index in [1.807, 2.05) is 6.92 Å². The Bertz CT molecular complexity index is 659. The van der Waals surface area contributed by atoms with Gasteiger partial charge in [-0.25, -0.2) is 8.42 Å². The van der Waals surface area contributed by atoms with Crippen molar-refractivity contribution in [1.29, 1.82) is 5.26 Å². The maximum atomic E-state index is 12.3. The van der Waals surface area contributed by atoms with Gasteiger partial charge in [0, 0.05) is 12.1 Å². The highest BCUT2D eigenvalue weighted by Crippen LogP contribution is 2.40. The molecule has 18 heavy (non-hydrogen) atoms. The number of nitriles is 1. The maximum absolute atomic E-state index is 12.3. The molecule has 0 spiro atoms. The molecule has 1 heterocycles. The summed E-state index contributed by atoms with van der Waals surface area (Å²) in [6.07, 6.45) is 0.657. The number of hydrogen-bond donors (Lipinski definition) is 0. The Balaban J connectivity index is 2.78. The number of halogens is 1. The van der Waals surface area contributed by atoms with Crippen LogP contribution in [0.1, 0.15) is 18.9 Å². The zero-order valence-electron chi connectivity index (χ0n) is 9.72. The van der Waals surface area contributed by atoms with Gasteiger partial charge in [-0.05, 0) is 12.5 Å². The summed E-state index contributed by atoms with van der Waals surface area (Å²) in [5.74, 6) is 0. The molecule has 6 heteroatoms. The number of benzene rings is 1. The summed E-state index contributed by atoms with van der Waals surface area (Å²) in [7, 11) is -3.82. The van der Waals surface area contributed by atoms with Crippen molar-refractivity contribution in [3.63, 3.8) is 0 Å². The van der Waals surface area contributed by atoms with Gasteiger partial charge in [0.1, 0.15) is 6.07 Å². The van der Waals surface area contributed by atoms with Crippen LogP contribution >= 0.6 is 11.6 Å². The molecule has 0 atom stereocenters. The van der Waals surface area contributed by atoms with E-state index in [9.17, 15) is 8.42 Å². The first-order valence-corrected chi connectivity index (χ1v) is 7.27. The normalized spacial score (nSPS) is 17.3. The van der Waals surface area contributed by atoms with Gasteiger partial charge >= 0.3 is 0 Å². The lowest BCUT2D eigenvalue weighted by molar-refractivity contribution is 0.597. The van der Waals surface area contributed by atoms with Crippen LogP contribution in [0.2, 0.25) is 0 Å². The number of allylic oxidation sites excluding steroid dienone is 1. The second kappa shape index (κ2) is 4.63. The highest BCUT2D eigenvalue weighted by atomic mass is 35.5. The molecule has 0 fully saturated rings. The number of hydrogen-bond acceptors (Lipinski definition) is 3. The van der Waals surface area contributed by atoms with Crippen molar-refractivity contribution in [2.45, 2.75) is 13.3 Å². The third-order valence-electron chi connectivity index (χ3n) is 2.68. The minimum Gasteiger partial charge on any atom is -0.265 e. The predicted octanol–water partition coefficient (Wildman–Crippen LogP) is 2.68. The average Bonchev–Trinajstić information content (AvgIpc) is 2.35. The summed E-state index contributed by atoms with van der Waals surface area (Å²) in [5.41, 5.74) is 1.11. The van der Waals surface area contributed by atoms with Crippen molar-refractivity contribution in [2.75, 3.05) is 10.8 Å². The highest BCUT2D eigenvalue weighted by Gasteiger charge is 2.36. The second-order valence-electron chi connectivity index (χ2n) is 3.85. The lowest BCUT2D eigenvalue weighted by atomic mass is 10.1. The van der Waals surface area contributed by atoms with E-state index < -0.39 is 10.0 Å². The van der Waals surface area contributed by atoms with Gasteiger partial charge in [-0.2, -0.15) is 5.26 Å². The first-order valence-electron chi connectivity index (χ1n) is 5.46. The van der Waals surface area contributed by atoms with E-state index in [0.717, 1.165) is 0 Å². The summed E-state index contributed by atoms with van der Waals surface area (Å²) in [6, 6.07) is 8.61. The number of nitrogens with zero attached hydrogens (tertiary/aromatic N) is 2. The van der Waals surface area contributed by atoms with Crippen LogP contribution in [-0.4, -0.2) is 15.0 Å². The monoisotopic (exact) mass is 282 g/mol. The molecule has 1 aliphatic heterocycles. The predicted molar refractivity (Wildman–Crippen MR) is 71.4 cm³/mol. The van der Waals surface area contributed by atoms with Crippen LogP contribution in [0.15, 0.2) is 29.2 Å². The minimum atomic E-state index is -3.82. The Labute approximate surface area is 111 Å². The molecular formula is C12H11ClN2O2S. The standard InChI is InChI=1S/C12H11ClN2O2S/c1-2-7-15-10-6-4-3-5-9(10)12(13)11(8-14)18(15,16)17/h3-6H,2,7H2,1H3. The van der Waals surface area contributed by atoms with Crippen LogP contribution in [0, 0.1) is 11.3 Å². The molecule has 0 radical (unpaired) electrons. The van der Waals surface area contributed by atoms with Crippen molar-refractivity contribution < 1.29 is 8.42 Å². The van der Waals surface area contributed by atoms with Gasteiger partial charge in [0.05, 0.1) is 10.7 Å². The Morgan fingerprint density at radius 3 is 2.67 bits per heavy atom. The Kier molecular flexibility index (Phi) is 3.33. The molecule has 1 aliphatic rings. The molecule has 0 bridgehead atoms. The molecule has 1 aromatic carbocycles. The van der Waals surface area contributed by atoms with Crippen LogP contribution in [0.5, 0.6) is 0 Å². The third kappa shape index (κ3) is 1.78. The largest absolute Gasteiger partial charge is 0.276 e. The fourth-order valence-electron chi connectivity index (χ4n) is 1.90. The number of fused-ring (bicyclic) bond motifs is 1. The fraction of sp³-hybridized carbons (Fsp3) is 0.250. The first-order chi connectivity index (χ1) is 8.54. The van der Waals surface area contributed by atoms with Gasteiger partial charge in [0.15, 0.2) is 4.91 Å². The molecular weight excluding hydrogens is 272 g/mol. The lowest BCUT2D eigenvalue weighted by Gasteiger charge is -2.29. The van der Waals surface area contributed by atoms with Gasteiger partial charge in [0.25, 0.3) is 10.0 Å². The number of para-hydroxylation sites is 1. The zero-order chi connectivity index (χ0) is 13.3. The van der Waals surface area contributed by atoms with Gasteiger partial charge in [0.2, 0.25) is 0 Å². The molecule has 0 aromatic heterocycles. The number of anilines is 1. The summed E-state index contributed by atoms with van der Waals surface area (Å²) < 4.78 is 25.8. The van der Waals surface area contributed by atoms with E-state index >= 15 is 0 Å². The van der Waals surface area contributed by atoms with Crippen LogP contribution in [0.3, 0.4) is 0 Å². The van der Waals surface area contributed by atoms with Gasteiger partial charge in [-0.3, -0.25) is 4.31 Å². The molecule has 0 saturated carbocycles. The minimum absolute atomic E-state index is 0.000420. The molecule has 0 aliphatic carbocycles. The Hall–Kier alpha value is -1.51. The van der Waals surface area contributed by atoms with E-state index in [0.29, 0.717) is 24.2 Å². The molecule has 94 valence electrons. The van der Waals surface area contributed by atoms with Crippen molar-refractivity contribution in [1.82, 2.24) is 0 Å². The second-order valence-corrected chi connectivity index (χ2v) is 6.03. The van der Waals surface area contributed by atoms with Crippen LogP contribution in [-0.2, 0) is 10.0 Å². The van der Waals surface area contributed by atoms with Crippen molar-refractivity contribution in [3.05, 3.63) is 34.7 Å². The molecule has 2 rings (SSSR count). The van der Waals surface area contributed by atoms with Crippen molar-refractivity contribution in [3.8, 4) is 6.07 Å². The molecule has 0 unspecified atom stereocenters. The quantitative estimate of drug-likeness (QED) is 0.838. The van der Waals surface area contributed by atoms with Crippen LogP contribution in [0.4, 0.5) is 5.69 Å². The van der Waals surface area contributed by atoms with E-state index in [2.05, 4.69) is 0 Å². The van der Waals surface area contributed by atoms with Crippen LogP contribution < -0.4 is 4.31 Å². The average molecular weight is 283 g/mol. The molecule has 4 nitrogen and oxygen atoms in total. The molecule has 0 saturated heterocycles. The van der Waals surface area contributed by atoms with Crippen molar-refractivity contribution in [2.24, 2.45) is 0 Å². The van der Waals surface area contributed by atoms with E-state index in [4.69, 9.17) is 16.9 Å². The van der Waals surface area contributed by atoms with E-state index in [1.54, 1.807) is 30.3 Å². The lowest BCUT2D eigenvalue weighted by Crippen LogP contribution is -2.35. The number of sulfonamides is 1. The molecule has 0 N–H and O–H groups in total.